The zero-order valence-corrected chi connectivity index (χ0v) is 10.8. The van der Waals surface area contributed by atoms with Crippen molar-refractivity contribution in [3.8, 4) is 0 Å². The van der Waals surface area contributed by atoms with Crippen LogP contribution in [0.2, 0.25) is 0 Å². The Kier molecular flexibility index (Phi) is 5.65. The van der Waals surface area contributed by atoms with Crippen molar-refractivity contribution in [1.29, 1.82) is 0 Å². The number of carbonyl (C=O) groups is 1. The van der Waals surface area contributed by atoms with Gasteiger partial charge in [-0.15, -0.1) is 12.4 Å². The van der Waals surface area contributed by atoms with Gasteiger partial charge in [0, 0.05) is 17.8 Å². The highest BCUT2D eigenvalue weighted by Crippen LogP contribution is 2.22. The number of carbonyl (C=O) groups excluding carboxylic acids is 1. The number of aliphatic hydroxyl groups excluding tert-OH is 1. The van der Waals surface area contributed by atoms with Crippen molar-refractivity contribution in [2.75, 3.05) is 11.9 Å². The summed E-state index contributed by atoms with van der Waals surface area (Å²) in [7, 11) is 0. The fourth-order valence-corrected chi connectivity index (χ4v) is 1.90. The predicted octanol–water partition coefficient (Wildman–Crippen LogP) is 1.71. The number of alkyl halides is 2. The van der Waals surface area contributed by atoms with Crippen molar-refractivity contribution < 1.29 is 18.7 Å². The van der Waals surface area contributed by atoms with Crippen LogP contribution in [0.4, 0.5) is 14.5 Å². The third kappa shape index (κ3) is 4.12. The summed E-state index contributed by atoms with van der Waals surface area (Å²) in [6.07, 6.45) is -2.76. The van der Waals surface area contributed by atoms with Gasteiger partial charge < -0.3 is 15.7 Å². The van der Waals surface area contributed by atoms with Gasteiger partial charge in [-0.2, -0.15) is 0 Å². The zero-order valence-electron chi connectivity index (χ0n) is 9.98. The fraction of sp³-hybridized carbons (Fsp3) is 0.417. The maximum Gasteiger partial charge on any atom is 0.263 e. The number of β-amino-alcohol motifs (C(OH)–C–C–N with tert-alkyl or cyclic N) is 1. The predicted molar refractivity (Wildman–Crippen MR) is 69.7 cm³/mol. The maximum atomic E-state index is 12.5. The molecule has 0 aliphatic carbocycles. The molecule has 106 valence electrons. The maximum absolute atomic E-state index is 12.5. The molecule has 2 unspecified atom stereocenters. The topological polar surface area (TPSA) is 61.4 Å². The summed E-state index contributed by atoms with van der Waals surface area (Å²) in [5, 5.41) is 14.7. The van der Waals surface area contributed by atoms with Crippen molar-refractivity contribution in [2.45, 2.75) is 25.0 Å². The van der Waals surface area contributed by atoms with Crippen LogP contribution in [0.3, 0.4) is 0 Å². The first-order valence-corrected chi connectivity index (χ1v) is 5.66. The third-order valence-electron chi connectivity index (χ3n) is 2.83. The summed E-state index contributed by atoms with van der Waals surface area (Å²) in [6, 6.07) is 5.09. The highest BCUT2D eigenvalue weighted by molar-refractivity contribution is 5.95. The molecule has 0 spiro atoms. The highest BCUT2D eigenvalue weighted by atomic mass is 35.5. The van der Waals surface area contributed by atoms with Gasteiger partial charge in [0.1, 0.15) is 0 Å². The van der Waals surface area contributed by atoms with Crippen molar-refractivity contribution >= 4 is 24.0 Å². The average molecular weight is 293 g/mol. The molecule has 1 aliphatic rings. The fourth-order valence-electron chi connectivity index (χ4n) is 1.90. The van der Waals surface area contributed by atoms with E-state index in [1.54, 1.807) is 6.07 Å². The summed E-state index contributed by atoms with van der Waals surface area (Å²) in [6.45, 7) is 0.370. The van der Waals surface area contributed by atoms with Crippen LogP contribution in [0, 0.1) is 0 Å². The van der Waals surface area contributed by atoms with Crippen LogP contribution >= 0.6 is 12.4 Å². The second kappa shape index (κ2) is 6.79. The van der Waals surface area contributed by atoms with E-state index in [9.17, 15) is 18.7 Å². The molecule has 4 nitrogen and oxygen atoms in total. The second-order valence-electron chi connectivity index (χ2n) is 4.27. The van der Waals surface area contributed by atoms with Crippen molar-refractivity contribution in [1.82, 2.24) is 5.32 Å². The van der Waals surface area contributed by atoms with Crippen molar-refractivity contribution in [3.05, 3.63) is 29.8 Å². The van der Waals surface area contributed by atoms with Gasteiger partial charge in [-0.1, -0.05) is 12.1 Å². The van der Waals surface area contributed by atoms with Gasteiger partial charge in [-0.05, 0) is 18.6 Å². The molecule has 0 saturated carbocycles. The third-order valence-corrected chi connectivity index (χ3v) is 2.83. The first-order valence-electron chi connectivity index (χ1n) is 5.66. The molecule has 1 aliphatic heterocycles. The van der Waals surface area contributed by atoms with Crippen LogP contribution in [0.1, 0.15) is 18.4 Å². The van der Waals surface area contributed by atoms with Crippen molar-refractivity contribution in [3.63, 3.8) is 0 Å². The van der Waals surface area contributed by atoms with E-state index in [1.165, 1.54) is 18.2 Å². The summed E-state index contributed by atoms with van der Waals surface area (Å²) >= 11 is 0. The number of amides is 1. The Morgan fingerprint density at radius 2 is 2.21 bits per heavy atom. The molecule has 0 radical (unpaired) electrons. The lowest BCUT2D eigenvalue weighted by Gasteiger charge is -2.11. The van der Waals surface area contributed by atoms with E-state index < -0.39 is 18.6 Å². The number of halogens is 3. The number of anilines is 1. The smallest absolute Gasteiger partial charge is 0.263 e. The Balaban J connectivity index is 0.00000180. The number of hydrogen-bond donors (Lipinski definition) is 3. The van der Waals surface area contributed by atoms with Crippen LogP contribution in [0.15, 0.2) is 24.3 Å². The Morgan fingerprint density at radius 1 is 1.47 bits per heavy atom. The highest BCUT2D eigenvalue weighted by Gasteiger charge is 2.28. The standard InChI is InChI=1S/C12H14F2N2O2.ClH/c13-11(14)7-2-1-3-8(4-7)16-12(18)10-5-9(17)6-15-10;/h1-4,9-11,15,17H,5-6H2,(H,16,18);1H. The molecule has 1 amide bonds. The van der Waals surface area contributed by atoms with Gasteiger partial charge in [0.05, 0.1) is 12.1 Å². The molecule has 7 heteroatoms. The Labute approximate surface area is 115 Å². The normalized spacial score (nSPS) is 22.1. The average Bonchev–Trinajstić information content (AvgIpc) is 2.76. The molecule has 0 bridgehead atoms. The molecule has 1 aromatic carbocycles. The van der Waals surface area contributed by atoms with E-state index in [0.717, 1.165) is 0 Å². The van der Waals surface area contributed by atoms with E-state index in [2.05, 4.69) is 10.6 Å². The van der Waals surface area contributed by atoms with Gasteiger partial charge >= 0.3 is 0 Å². The minimum absolute atomic E-state index is 0. The Morgan fingerprint density at radius 3 is 2.79 bits per heavy atom. The van der Waals surface area contributed by atoms with Gasteiger partial charge in [-0.3, -0.25) is 4.79 Å². The quantitative estimate of drug-likeness (QED) is 0.795. The van der Waals surface area contributed by atoms with Crippen LogP contribution in [0.5, 0.6) is 0 Å². The van der Waals surface area contributed by atoms with Gasteiger partial charge in [0.15, 0.2) is 0 Å². The zero-order chi connectivity index (χ0) is 13.1. The van der Waals surface area contributed by atoms with Crippen LogP contribution in [0.25, 0.3) is 0 Å². The number of aliphatic hydroxyl groups is 1. The molecule has 3 N–H and O–H groups in total. The number of nitrogens with one attached hydrogen (secondary N) is 2. The number of hydrogen-bond acceptors (Lipinski definition) is 3. The largest absolute Gasteiger partial charge is 0.392 e. The second-order valence-corrected chi connectivity index (χ2v) is 4.27. The molecule has 1 fully saturated rings. The summed E-state index contributed by atoms with van der Waals surface area (Å²) < 4.78 is 25.0. The molecule has 1 aromatic rings. The molecular formula is C12H15ClF2N2O2. The van der Waals surface area contributed by atoms with E-state index in [1.807, 2.05) is 0 Å². The molecule has 1 saturated heterocycles. The molecule has 1 heterocycles. The Hall–Kier alpha value is -1.24. The van der Waals surface area contributed by atoms with Crippen LogP contribution in [-0.4, -0.2) is 29.7 Å². The van der Waals surface area contributed by atoms with Crippen LogP contribution in [-0.2, 0) is 4.79 Å². The number of benzene rings is 1. The molecule has 0 aromatic heterocycles. The monoisotopic (exact) mass is 292 g/mol. The summed E-state index contributed by atoms with van der Waals surface area (Å²) in [4.78, 5) is 11.8. The minimum Gasteiger partial charge on any atom is -0.392 e. The van der Waals surface area contributed by atoms with Crippen LogP contribution < -0.4 is 10.6 Å². The first kappa shape index (κ1) is 15.8. The molecule has 2 rings (SSSR count). The minimum atomic E-state index is -2.56. The van der Waals surface area contributed by atoms with Gasteiger partial charge in [-0.25, -0.2) is 8.78 Å². The molecule has 19 heavy (non-hydrogen) atoms. The van der Waals surface area contributed by atoms with E-state index in [4.69, 9.17) is 0 Å². The summed E-state index contributed by atoms with van der Waals surface area (Å²) in [5.74, 6) is -0.321. The lowest BCUT2D eigenvalue weighted by Crippen LogP contribution is -2.35. The van der Waals surface area contributed by atoms with E-state index in [0.29, 0.717) is 18.7 Å². The lowest BCUT2D eigenvalue weighted by atomic mass is 10.1. The van der Waals surface area contributed by atoms with Gasteiger partial charge in [0.25, 0.3) is 6.43 Å². The summed E-state index contributed by atoms with van der Waals surface area (Å²) in [5.41, 5.74) is 0.202. The first-order chi connectivity index (χ1) is 8.56. The lowest BCUT2D eigenvalue weighted by molar-refractivity contribution is -0.117. The number of rotatable bonds is 3. The van der Waals surface area contributed by atoms with Gasteiger partial charge in [0.2, 0.25) is 5.91 Å². The SMILES string of the molecule is Cl.O=C(Nc1cccc(C(F)F)c1)C1CC(O)CN1. The molecular weight excluding hydrogens is 278 g/mol. The van der Waals surface area contributed by atoms with E-state index >= 15 is 0 Å². The molecule has 2 atom stereocenters. The van der Waals surface area contributed by atoms with Crippen molar-refractivity contribution in [2.24, 2.45) is 0 Å². The Bertz CT molecular complexity index is 445. The van der Waals surface area contributed by atoms with E-state index in [-0.39, 0.29) is 23.9 Å².